The summed E-state index contributed by atoms with van der Waals surface area (Å²) < 4.78 is 16.1. The number of carbonyl (C=O) groups is 2. The number of hydrogen-bond donors (Lipinski definition) is 0. The molecular weight excluding hydrogens is 474 g/mol. The van der Waals surface area contributed by atoms with Crippen LogP contribution in [0, 0.1) is 5.92 Å². The lowest BCUT2D eigenvalue weighted by Crippen LogP contribution is -2.52. The molecule has 1 aromatic carbocycles. The number of hydrogen-bond acceptors (Lipinski definition) is 8. The van der Waals surface area contributed by atoms with Crippen LogP contribution in [0.5, 0.6) is 11.5 Å². The predicted molar refractivity (Wildman–Crippen MR) is 136 cm³/mol. The molecule has 1 saturated heterocycles. The molecule has 0 N–H and O–H groups in total. The van der Waals surface area contributed by atoms with E-state index in [0.29, 0.717) is 50.0 Å². The van der Waals surface area contributed by atoms with Crippen molar-refractivity contribution < 1.29 is 23.5 Å². The van der Waals surface area contributed by atoms with Crippen LogP contribution in [0.25, 0.3) is 11.3 Å². The number of benzene rings is 1. The Bertz CT molecular complexity index is 1220. The highest BCUT2D eigenvalue weighted by Crippen LogP contribution is 2.32. The highest BCUT2D eigenvalue weighted by atomic mass is 16.5. The second-order valence-corrected chi connectivity index (χ2v) is 9.26. The molecule has 1 aliphatic heterocycles. The Morgan fingerprint density at radius 1 is 1.00 bits per heavy atom. The highest BCUT2D eigenvalue weighted by molar-refractivity contribution is 5.87. The molecule has 1 aliphatic carbocycles. The molecule has 0 bridgehead atoms. The van der Waals surface area contributed by atoms with Crippen molar-refractivity contribution in [2.24, 2.45) is 5.92 Å². The van der Waals surface area contributed by atoms with Gasteiger partial charge in [0, 0.05) is 37.7 Å². The van der Waals surface area contributed by atoms with Crippen LogP contribution in [0.4, 0.5) is 5.82 Å². The van der Waals surface area contributed by atoms with Crippen LogP contribution >= 0.6 is 0 Å². The van der Waals surface area contributed by atoms with Crippen LogP contribution in [0.1, 0.15) is 18.6 Å². The summed E-state index contributed by atoms with van der Waals surface area (Å²) in [5, 5.41) is 8.83. The zero-order chi connectivity index (χ0) is 25.8. The molecule has 0 unspecified atom stereocenters. The van der Waals surface area contributed by atoms with Gasteiger partial charge >= 0.3 is 0 Å². The fourth-order valence-corrected chi connectivity index (χ4v) is 4.48. The van der Waals surface area contributed by atoms with Crippen molar-refractivity contribution in [2.75, 3.05) is 51.8 Å². The summed E-state index contributed by atoms with van der Waals surface area (Å²) in [6, 6.07) is 13.1. The van der Waals surface area contributed by atoms with Gasteiger partial charge in [-0.1, -0.05) is 0 Å². The molecule has 1 saturated carbocycles. The van der Waals surface area contributed by atoms with Crippen LogP contribution in [0.15, 0.2) is 53.1 Å². The van der Waals surface area contributed by atoms with E-state index in [-0.39, 0.29) is 24.3 Å². The van der Waals surface area contributed by atoms with Crippen LogP contribution in [0.2, 0.25) is 0 Å². The summed E-state index contributed by atoms with van der Waals surface area (Å²) in [6.07, 6.45) is 3.37. The van der Waals surface area contributed by atoms with E-state index in [1.807, 2.05) is 41.3 Å². The lowest BCUT2D eigenvalue weighted by atomic mass is 10.1. The molecule has 2 amide bonds. The fourth-order valence-electron chi connectivity index (χ4n) is 4.48. The minimum Gasteiger partial charge on any atom is -0.493 e. The third kappa shape index (κ3) is 5.68. The number of rotatable bonds is 9. The van der Waals surface area contributed by atoms with Crippen molar-refractivity contribution in [1.82, 2.24) is 20.0 Å². The van der Waals surface area contributed by atoms with E-state index in [2.05, 4.69) is 15.1 Å². The van der Waals surface area contributed by atoms with E-state index in [0.717, 1.165) is 29.9 Å². The molecule has 0 atom stereocenters. The molecule has 3 aromatic rings. The molecule has 194 valence electrons. The Labute approximate surface area is 215 Å². The number of furan rings is 1. The molecule has 3 heterocycles. The van der Waals surface area contributed by atoms with Crippen molar-refractivity contribution >= 4 is 17.6 Å². The summed E-state index contributed by atoms with van der Waals surface area (Å²) in [5.74, 6) is 2.77. The average Bonchev–Trinajstić information content (AvgIpc) is 3.68. The molecule has 2 aliphatic rings. The SMILES string of the molecule is COc1ccc(-c2ccc(N3CCN(C(=O)CN(Cc4ccco4)C(=O)C4CC4)CC3)nn2)cc1OC. The molecule has 10 heteroatoms. The minimum absolute atomic E-state index is 0.0354. The Balaban J connectivity index is 1.17. The third-order valence-electron chi connectivity index (χ3n) is 6.78. The molecule has 37 heavy (non-hydrogen) atoms. The highest BCUT2D eigenvalue weighted by Gasteiger charge is 2.35. The number of methoxy groups -OCH3 is 2. The summed E-state index contributed by atoms with van der Waals surface area (Å²) in [6.45, 7) is 2.79. The lowest BCUT2D eigenvalue weighted by molar-refractivity contribution is -0.142. The van der Waals surface area contributed by atoms with Crippen molar-refractivity contribution in [3.8, 4) is 22.8 Å². The standard InChI is InChI=1S/C27H31N5O5/c1-35-23-9-7-20(16-24(23)36-2)22-8-10-25(29-28-22)30-11-13-31(14-12-30)26(33)18-32(27(34)19-5-6-19)17-21-4-3-15-37-21/h3-4,7-10,15-16,19H,5-6,11-14,17-18H2,1-2H3. The van der Waals surface area contributed by atoms with Gasteiger partial charge in [-0.3, -0.25) is 9.59 Å². The lowest BCUT2D eigenvalue weighted by Gasteiger charge is -2.36. The molecular formula is C27H31N5O5. The number of aromatic nitrogens is 2. The smallest absolute Gasteiger partial charge is 0.242 e. The van der Waals surface area contributed by atoms with Crippen molar-refractivity contribution in [3.05, 3.63) is 54.5 Å². The van der Waals surface area contributed by atoms with Crippen molar-refractivity contribution in [2.45, 2.75) is 19.4 Å². The Morgan fingerprint density at radius 3 is 2.41 bits per heavy atom. The van der Waals surface area contributed by atoms with E-state index in [4.69, 9.17) is 13.9 Å². The summed E-state index contributed by atoms with van der Waals surface area (Å²) >= 11 is 0. The number of piperazine rings is 1. The maximum absolute atomic E-state index is 13.1. The maximum atomic E-state index is 13.1. The predicted octanol–water partition coefficient (Wildman–Crippen LogP) is 2.84. The molecule has 2 aromatic heterocycles. The van der Waals surface area contributed by atoms with Crippen LogP contribution in [-0.4, -0.2) is 78.8 Å². The van der Waals surface area contributed by atoms with E-state index in [1.165, 1.54) is 0 Å². The van der Waals surface area contributed by atoms with Crippen molar-refractivity contribution in [3.63, 3.8) is 0 Å². The Hall–Kier alpha value is -4.08. The zero-order valence-electron chi connectivity index (χ0n) is 21.1. The van der Waals surface area contributed by atoms with Gasteiger partial charge < -0.3 is 28.6 Å². The normalized spacial score (nSPS) is 15.4. The largest absolute Gasteiger partial charge is 0.493 e. The average molecular weight is 506 g/mol. The van der Waals surface area contributed by atoms with Crippen molar-refractivity contribution in [1.29, 1.82) is 0 Å². The molecule has 2 fully saturated rings. The van der Waals surface area contributed by atoms with Gasteiger partial charge in [-0.05, 0) is 55.3 Å². The second-order valence-electron chi connectivity index (χ2n) is 9.26. The van der Waals surface area contributed by atoms with Gasteiger partial charge in [0.25, 0.3) is 0 Å². The number of nitrogens with zero attached hydrogens (tertiary/aromatic N) is 5. The van der Waals surface area contributed by atoms with Gasteiger partial charge in [0.2, 0.25) is 11.8 Å². The minimum atomic E-state index is -0.0462. The first kappa shape index (κ1) is 24.6. The first-order valence-corrected chi connectivity index (χ1v) is 12.5. The maximum Gasteiger partial charge on any atom is 0.242 e. The van der Waals surface area contributed by atoms with Crippen LogP contribution in [-0.2, 0) is 16.1 Å². The number of ether oxygens (including phenoxy) is 2. The third-order valence-corrected chi connectivity index (χ3v) is 6.78. The second kappa shape index (κ2) is 10.9. The van der Waals surface area contributed by atoms with E-state index in [9.17, 15) is 9.59 Å². The molecule has 10 nitrogen and oxygen atoms in total. The first-order chi connectivity index (χ1) is 18.1. The molecule has 0 spiro atoms. The Kier molecular flexibility index (Phi) is 7.25. The van der Waals surface area contributed by atoms with E-state index < -0.39 is 0 Å². The summed E-state index contributed by atoms with van der Waals surface area (Å²) in [5.41, 5.74) is 1.61. The van der Waals surface area contributed by atoms with Crippen LogP contribution < -0.4 is 14.4 Å². The van der Waals surface area contributed by atoms with E-state index >= 15 is 0 Å². The number of amides is 2. The van der Waals surface area contributed by atoms with Gasteiger partial charge in [-0.15, -0.1) is 10.2 Å². The summed E-state index contributed by atoms with van der Waals surface area (Å²) in [7, 11) is 3.20. The van der Waals surface area contributed by atoms with Gasteiger partial charge in [-0.25, -0.2) is 0 Å². The van der Waals surface area contributed by atoms with Crippen LogP contribution in [0.3, 0.4) is 0 Å². The molecule has 5 rings (SSSR count). The van der Waals surface area contributed by atoms with E-state index in [1.54, 1.807) is 31.4 Å². The number of anilines is 1. The Morgan fingerprint density at radius 2 is 1.78 bits per heavy atom. The fraction of sp³-hybridized carbons (Fsp3) is 0.407. The number of carbonyl (C=O) groups excluding carboxylic acids is 2. The van der Waals surface area contributed by atoms with Gasteiger partial charge in [0.1, 0.15) is 12.3 Å². The monoisotopic (exact) mass is 505 g/mol. The zero-order valence-corrected chi connectivity index (χ0v) is 21.1. The summed E-state index contributed by atoms with van der Waals surface area (Å²) in [4.78, 5) is 31.4. The topological polar surface area (TPSA) is 101 Å². The van der Waals surface area contributed by atoms with Gasteiger partial charge in [0.15, 0.2) is 17.3 Å². The first-order valence-electron chi connectivity index (χ1n) is 12.5. The van der Waals surface area contributed by atoms with Gasteiger partial charge in [-0.2, -0.15) is 0 Å². The van der Waals surface area contributed by atoms with Gasteiger partial charge in [0.05, 0.1) is 32.7 Å². The molecule has 0 radical (unpaired) electrons. The quantitative estimate of drug-likeness (QED) is 0.438.